The first-order valence-electron chi connectivity index (χ1n) is 11.8. The van der Waals surface area contributed by atoms with E-state index in [0.717, 1.165) is 86.1 Å². The highest BCUT2D eigenvalue weighted by atomic mass is 16.5. The third kappa shape index (κ3) is 5.08. The zero-order chi connectivity index (χ0) is 22.8. The average molecular weight is 449 g/mol. The minimum absolute atomic E-state index is 0.142. The van der Waals surface area contributed by atoms with Gasteiger partial charge in [-0.05, 0) is 45.7 Å². The van der Waals surface area contributed by atoms with Gasteiger partial charge in [0.1, 0.15) is 28.7 Å². The Bertz CT molecular complexity index is 1110. The molecule has 0 unspecified atom stereocenters. The Balaban J connectivity index is 1.20. The predicted octanol–water partition coefficient (Wildman–Crippen LogP) is 2.86. The molecule has 3 heterocycles. The summed E-state index contributed by atoms with van der Waals surface area (Å²) in [5.74, 6) is 3.46. The van der Waals surface area contributed by atoms with Crippen LogP contribution in [0, 0.1) is 6.92 Å². The molecule has 2 fully saturated rings. The molecule has 1 aromatic carbocycles. The largest absolute Gasteiger partial charge is 0.488 e. The topological polar surface area (TPSA) is 105 Å². The first-order valence-corrected chi connectivity index (χ1v) is 11.8. The van der Waals surface area contributed by atoms with Crippen LogP contribution in [0.2, 0.25) is 0 Å². The van der Waals surface area contributed by atoms with E-state index >= 15 is 0 Å². The zero-order valence-corrected chi connectivity index (χ0v) is 19.4. The Morgan fingerprint density at radius 2 is 1.73 bits per heavy atom. The highest BCUT2D eigenvalue weighted by molar-refractivity contribution is 5.84. The van der Waals surface area contributed by atoms with Gasteiger partial charge in [0.2, 0.25) is 0 Å². The third-order valence-electron chi connectivity index (χ3n) is 6.53. The van der Waals surface area contributed by atoms with Crippen molar-refractivity contribution in [3.05, 3.63) is 36.4 Å². The van der Waals surface area contributed by atoms with Gasteiger partial charge in [0.25, 0.3) is 0 Å². The Labute approximate surface area is 194 Å². The molecule has 0 spiro atoms. The Morgan fingerprint density at radius 1 is 0.970 bits per heavy atom. The number of hydrogen-bond donors (Lipinski definition) is 2. The summed E-state index contributed by atoms with van der Waals surface area (Å²) in [7, 11) is 2.16. The number of likely N-dealkylation sites (N-methyl/N-ethyl adjacent to an activating group) is 1. The van der Waals surface area contributed by atoms with Crippen molar-refractivity contribution in [3.63, 3.8) is 0 Å². The molecule has 9 heteroatoms. The number of ether oxygens (including phenoxy) is 1. The van der Waals surface area contributed by atoms with Crippen LogP contribution >= 0.6 is 0 Å². The van der Waals surface area contributed by atoms with Crippen LogP contribution in [0.5, 0.6) is 5.75 Å². The predicted molar refractivity (Wildman–Crippen MR) is 131 cm³/mol. The summed E-state index contributed by atoms with van der Waals surface area (Å²) in [6.45, 7) is 6.08. The summed E-state index contributed by atoms with van der Waals surface area (Å²) in [5, 5.41) is 3.65. The molecule has 0 atom stereocenters. The molecule has 2 aliphatic rings. The Morgan fingerprint density at radius 3 is 2.52 bits per heavy atom. The number of nitrogen functional groups attached to an aromatic ring is 1. The number of aromatic nitrogens is 4. The van der Waals surface area contributed by atoms with Crippen LogP contribution in [0.3, 0.4) is 0 Å². The van der Waals surface area contributed by atoms with Crippen molar-refractivity contribution < 1.29 is 4.74 Å². The van der Waals surface area contributed by atoms with Gasteiger partial charge in [0.05, 0.1) is 11.6 Å². The second-order valence-corrected chi connectivity index (χ2v) is 9.13. The maximum atomic E-state index is 6.33. The number of hydrogen-bond acceptors (Lipinski definition) is 9. The molecule has 1 aliphatic carbocycles. The maximum absolute atomic E-state index is 6.33. The van der Waals surface area contributed by atoms with Crippen molar-refractivity contribution >= 4 is 28.4 Å². The molecule has 5 rings (SSSR count). The van der Waals surface area contributed by atoms with Gasteiger partial charge in [0, 0.05) is 62.4 Å². The van der Waals surface area contributed by atoms with Crippen molar-refractivity contribution in [2.45, 2.75) is 44.8 Å². The lowest BCUT2D eigenvalue weighted by Crippen LogP contribution is -2.45. The van der Waals surface area contributed by atoms with Crippen LogP contribution in [0.15, 0.2) is 30.6 Å². The molecular weight excluding hydrogens is 416 g/mol. The summed E-state index contributed by atoms with van der Waals surface area (Å²) in [4.78, 5) is 22.8. The monoisotopic (exact) mass is 448 g/mol. The van der Waals surface area contributed by atoms with Crippen molar-refractivity contribution in [2.75, 3.05) is 49.2 Å². The number of piperazine rings is 1. The third-order valence-corrected chi connectivity index (χ3v) is 6.53. The van der Waals surface area contributed by atoms with Gasteiger partial charge in [0.15, 0.2) is 0 Å². The lowest BCUT2D eigenvalue weighted by molar-refractivity contribution is 0.152. The second kappa shape index (κ2) is 9.35. The number of nitrogens with two attached hydrogens (primary N) is 1. The van der Waals surface area contributed by atoms with Gasteiger partial charge in [-0.25, -0.2) is 15.0 Å². The van der Waals surface area contributed by atoms with Gasteiger partial charge in [-0.15, -0.1) is 0 Å². The number of nitrogens with one attached hydrogen (secondary N) is 1. The molecule has 1 saturated heterocycles. The minimum atomic E-state index is 0.142. The smallest absolute Gasteiger partial charge is 0.149 e. The number of fused-ring (bicyclic) bond motifs is 1. The molecule has 3 aromatic rings. The first kappa shape index (κ1) is 21.6. The van der Waals surface area contributed by atoms with Crippen LogP contribution in [0.1, 0.15) is 31.5 Å². The molecule has 174 valence electrons. The zero-order valence-electron chi connectivity index (χ0n) is 19.4. The average Bonchev–Trinajstić information content (AvgIpc) is 2.80. The molecule has 1 saturated carbocycles. The summed E-state index contributed by atoms with van der Waals surface area (Å²) in [5.41, 5.74) is 8.22. The molecule has 0 bridgehead atoms. The summed E-state index contributed by atoms with van der Waals surface area (Å²) in [6.07, 6.45) is 7.46. The van der Waals surface area contributed by atoms with Crippen LogP contribution in [-0.4, -0.2) is 70.2 Å². The molecule has 2 aromatic heterocycles. The van der Waals surface area contributed by atoms with Crippen molar-refractivity contribution in [1.82, 2.24) is 24.8 Å². The van der Waals surface area contributed by atoms with E-state index in [0.29, 0.717) is 11.7 Å². The lowest BCUT2D eigenvalue weighted by atomic mass is 9.93. The van der Waals surface area contributed by atoms with E-state index in [2.05, 4.69) is 48.2 Å². The van der Waals surface area contributed by atoms with Gasteiger partial charge in [-0.1, -0.05) is 0 Å². The van der Waals surface area contributed by atoms with E-state index in [1.54, 1.807) is 12.4 Å². The molecule has 9 nitrogen and oxygen atoms in total. The number of rotatable bonds is 5. The second-order valence-electron chi connectivity index (χ2n) is 9.13. The van der Waals surface area contributed by atoms with E-state index in [9.17, 15) is 0 Å². The van der Waals surface area contributed by atoms with Gasteiger partial charge >= 0.3 is 0 Å². The highest BCUT2D eigenvalue weighted by Gasteiger charge is 2.24. The van der Waals surface area contributed by atoms with E-state index in [4.69, 9.17) is 10.5 Å². The summed E-state index contributed by atoms with van der Waals surface area (Å²) >= 11 is 0. The molecule has 0 radical (unpaired) electrons. The highest BCUT2D eigenvalue weighted by Crippen LogP contribution is 2.31. The maximum Gasteiger partial charge on any atom is 0.149 e. The minimum Gasteiger partial charge on any atom is -0.488 e. The molecular formula is C24H32N8O. The fourth-order valence-corrected chi connectivity index (χ4v) is 4.69. The van der Waals surface area contributed by atoms with Crippen molar-refractivity contribution in [1.29, 1.82) is 0 Å². The van der Waals surface area contributed by atoms with Crippen LogP contribution < -0.4 is 20.7 Å². The van der Waals surface area contributed by atoms with Crippen LogP contribution in [-0.2, 0) is 0 Å². The lowest BCUT2D eigenvalue weighted by Gasteiger charge is -2.34. The molecule has 3 N–H and O–H groups in total. The summed E-state index contributed by atoms with van der Waals surface area (Å²) < 4.78 is 6.33. The summed E-state index contributed by atoms with van der Waals surface area (Å²) in [6, 6.07) is 6.15. The van der Waals surface area contributed by atoms with Crippen LogP contribution in [0.25, 0.3) is 11.0 Å². The quantitative estimate of drug-likeness (QED) is 0.570. The molecule has 33 heavy (non-hydrogen) atoms. The SMILES string of the molecule is Cc1nc(NC2CCC(Oc3cc(N)cc4nccnc34)CC2)cc(N2CCN(C)CC2)n1. The molecule has 1 aliphatic heterocycles. The van der Waals surface area contributed by atoms with Gasteiger partial charge in [-0.2, -0.15) is 0 Å². The van der Waals surface area contributed by atoms with Crippen molar-refractivity contribution in [3.8, 4) is 5.75 Å². The van der Waals surface area contributed by atoms with E-state index in [-0.39, 0.29) is 6.10 Å². The van der Waals surface area contributed by atoms with Crippen molar-refractivity contribution in [2.24, 2.45) is 0 Å². The van der Waals surface area contributed by atoms with E-state index in [1.807, 2.05) is 19.1 Å². The fraction of sp³-hybridized carbons (Fsp3) is 0.500. The number of benzene rings is 1. The first-order chi connectivity index (χ1) is 16.0. The molecule has 0 amide bonds. The normalized spacial score (nSPS) is 21.8. The Hall–Kier alpha value is -3.20. The fourth-order valence-electron chi connectivity index (χ4n) is 4.69. The van der Waals surface area contributed by atoms with E-state index < -0.39 is 0 Å². The number of anilines is 3. The number of nitrogens with zero attached hydrogens (tertiary/aromatic N) is 6. The van der Waals surface area contributed by atoms with E-state index in [1.165, 1.54) is 0 Å². The standard InChI is InChI=1S/C24H32N8O/c1-16-28-22(15-23(29-16)32-11-9-31(2)10-12-32)30-18-3-5-19(6-4-18)33-21-14-17(25)13-20-24(21)27-8-7-26-20/h7-8,13-15,18-19H,3-6,9-12,25H2,1-2H3,(H,28,29,30). The van der Waals surface area contributed by atoms with Crippen LogP contribution in [0.4, 0.5) is 17.3 Å². The van der Waals surface area contributed by atoms with Gasteiger partial charge in [-0.3, -0.25) is 4.98 Å². The Kier molecular flexibility index (Phi) is 6.13. The van der Waals surface area contributed by atoms with Gasteiger partial charge < -0.3 is 25.6 Å². The number of aryl methyl sites for hydroxylation is 1.